The van der Waals surface area contributed by atoms with Gasteiger partial charge in [-0.2, -0.15) is 0 Å². The molecule has 200 valence electrons. The minimum Gasteiger partial charge on any atom is -0.456 e. The number of nitrogens with zero attached hydrogens (tertiary/aromatic N) is 1. The van der Waals surface area contributed by atoms with E-state index in [9.17, 15) is 24.9 Å². The number of ketones is 1. The van der Waals surface area contributed by atoms with Gasteiger partial charge in [0.1, 0.15) is 17.6 Å². The number of fused-ring (bicyclic) bond motifs is 3. The number of hydrogen-bond donors (Lipinski definition) is 3. The molecule has 1 aromatic carbocycles. The lowest BCUT2D eigenvalue weighted by Crippen LogP contribution is -2.85. The van der Waals surface area contributed by atoms with E-state index in [1.807, 2.05) is 32.0 Å². The van der Waals surface area contributed by atoms with Crippen LogP contribution in [0.5, 0.6) is 0 Å². The molecule has 3 N–H and O–H groups in total. The first kappa shape index (κ1) is 24.4. The van der Waals surface area contributed by atoms with E-state index in [2.05, 4.69) is 11.6 Å². The van der Waals surface area contributed by atoms with Gasteiger partial charge in [0.15, 0.2) is 11.5 Å². The largest absolute Gasteiger partial charge is 0.456 e. The van der Waals surface area contributed by atoms with Crippen LogP contribution in [0.15, 0.2) is 48.7 Å². The van der Waals surface area contributed by atoms with Crippen molar-refractivity contribution in [2.45, 2.75) is 63.6 Å². The average molecular weight is 520 g/mol. The highest BCUT2D eigenvalue weighted by Gasteiger charge is 2.87. The normalized spacial score (nSPS) is 44.6. The van der Waals surface area contributed by atoms with Crippen LogP contribution in [0.4, 0.5) is 0 Å². The van der Waals surface area contributed by atoms with Crippen LogP contribution in [0, 0.1) is 34.0 Å². The third kappa shape index (κ3) is 2.53. The summed E-state index contributed by atoms with van der Waals surface area (Å²) in [6, 6.07) is 9.13. The summed E-state index contributed by atoms with van der Waals surface area (Å²) in [5.74, 6) is -5.02. The Morgan fingerprint density at radius 3 is 2.71 bits per heavy atom. The molecule has 6 fully saturated rings. The van der Waals surface area contributed by atoms with Gasteiger partial charge in [0.05, 0.1) is 12.7 Å². The van der Waals surface area contributed by atoms with Gasteiger partial charge >= 0.3 is 5.97 Å². The molecule has 4 saturated carbocycles. The maximum atomic E-state index is 14.2. The number of benzene rings is 1. The first-order valence-electron chi connectivity index (χ1n) is 13.5. The predicted molar refractivity (Wildman–Crippen MR) is 136 cm³/mol. The third-order valence-corrected chi connectivity index (χ3v) is 10.9. The molecule has 8 nitrogen and oxygen atoms in total. The summed E-state index contributed by atoms with van der Waals surface area (Å²) in [5, 5.41) is 37.2. The summed E-state index contributed by atoms with van der Waals surface area (Å²) >= 11 is 0. The zero-order valence-corrected chi connectivity index (χ0v) is 21.6. The highest BCUT2D eigenvalue weighted by Crippen LogP contribution is 2.76. The van der Waals surface area contributed by atoms with E-state index < -0.39 is 69.9 Å². The number of esters is 1. The van der Waals surface area contributed by atoms with Gasteiger partial charge in [0.25, 0.3) is 0 Å². The molecule has 8 rings (SSSR count). The summed E-state index contributed by atoms with van der Waals surface area (Å²) < 4.78 is 12.3. The zero-order valence-electron chi connectivity index (χ0n) is 21.6. The first-order chi connectivity index (χ1) is 18.0. The van der Waals surface area contributed by atoms with Gasteiger partial charge < -0.3 is 24.8 Å². The van der Waals surface area contributed by atoms with E-state index in [4.69, 9.17) is 9.47 Å². The summed E-state index contributed by atoms with van der Waals surface area (Å²) in [6.07, 6.45) is 0.342. The number of carbonyl (C=O) groups excluding carboxylic acids is 2. The van der Waals surface area contributed by atoms with Gasteiger partial charge in [0.2, 0.25) is 5.79 Å². The maximum absolute atomic E-state index is 14.2. The van der Waals surface area contributed by atoms with Crippen LogP contribution in [0.1, 0.15) is 50.0 Å². The SMILES string of the molecule is C=C1C(=O)[C@]23[C@H](OC(=O)c4nccc5ccccc45)[C@H]1CC[C@H]2[C@@]12CO[C@]3(O)[C@@H](O)[C@@H]1C(C)(C)CC[C@@H]2O. The Morgan fingerprint density at radius 2 is 1.92 bits per heavy atom. The maximum Gasteiger partial charge on any atom is 0.357 e. The van der Waals surface area contributed by atoms with Crippen LogP contribution < -0.4 is 0 Å². The number of hydrogen-bond acceptors (Lipinski definition) is 8. The molecule has 4 bridgehead atoms. The van der Waals surface area contributed by atoms with E-state index in [1.54, 1.807) is 12.1 Å². The van der Waals surface area contributed by atoms with Gasteiger partial charge in [-0.25, -0.2) is 9.78 Å². The molecule has 1 aromatic heterocycles. The van der Waals surface area contributed by atoms with Crippen molar-refractivity contribution in [1.29, 1.82) is 0 Å². The van der Waals surface area contributed by atoms with Crippen molar-refractivity contribution < 1.29 is 34.4 Å². The number of rotatable bonds is 2. The average Bonchev–Trinajstić information content (AvgIpc) is 3.01. The summed E-state index contributed by atoms with van der Waals surface area (Å²) in [4.78, 5) is 32.2. The fourth-order valence-electron chi connectivity index (χ4n) is 9.49. The van der Waals surface area contributed by atoms with Gasteiger partial charge in [-0.15, -0.1) is 0 Å². The Kier molecular flexibility index (Phi) is 4.82. The van der Waals surface area contributed by atoms with Crippen LogP contribution >= 0.6 is 0 Å². The van der Waals surface area contributed by atoms with E-state index in [-0.39, 0.29) is 17.9 Å². The van der Waals surface area contributed by atoms with Crippen molar-refractivity contribution >= 4 is 22.5 Å². The van der Waals surface area contributed by atoms with Crippen LogP contribution in [0.2, 0.25) is 0 Å². The van der Waals surface area contributed by atoms with Gasteiger partial charge in [-0.05, 0) is 54.0 Å². The van der Waals surface area contributed by atoms with Crippen molar-refractivity contribution in [3.63, 3.8) is 0 Å². The van der Waals surface area contributed by atoms with E-state index in [1.165, 1.54) is 6.20 Å². The topological polar surface area (TPSA) is 126 Å². The second-order valence-corrected chi connectivity index (χ2v) is 12.7. The molecule has 0 amide bonds. The van der Waals surface area contributed by atoms with E-state index >= 15 is 0 Å². The van der Waals surface area contributed by atoms with E-state index in [0.29, 0.717) is 31.1 Å². The van der Waals surface area contributed by atoms with Crippen LogP contribution in [0.25, 0.3) is 10.8 Å². The lowest BCUT2D eigenvalue weighted by molar-refractivity contribution is -0.457. The summed E-state index contributed by atoms with van der Waals surface area (Å²) in [5.41, 5.74) is -2.77. The predicted octanol–water partition coefficient (Wildman–Crippen LogP) is 2.79. The van der Waals surface area contributed by atoms with Crippen LogP contribution in [0.3, 0.4) is 0 Å². The zero-order chi connectivity index (χ0) is 26.8. The Bertz CT molecular complexity index is 1400. The molecule has 2 aromatic rings. The highest BCUT2D eigenvalue weighted by atomic mass is 16.6. The smallest absolute Gasteiger partial charge is 0.357 e. The molecular formula is C30H33NO7. The lowest BCUT2D eigenvalue weighted by Gasteiger charge is -2.74. The number of aliphatic hydroxyl groups is 3. The Hall–Kier alpha value is -2.65. The standard InChI is InChI=1S/C30H33NO7/c1-15-17-8-9-19-28-14-37-30(36,24(34)22(28)27(2,3)12-10-20(28)32)29(19,23(15)33)25(17)38-26(35)21-18-7-5-4-6-16(18)11-13-31-21/h4-7,11,13,17,19-20,22,24-25,32,34,36H,1,8-10,12,14H2,2-3H3/t17-,19-,20-,22+,24-,25+,28+,29-,30+/m0/s1. The van der Waals surface area contributed by atoms with Gasteiger partial charge in [-0.3, -0.25) is 4.79 Å². The minimum atomic E-state index is -2.29. The molecule has 2 aliphatic heterocycles. The molecule has 3 heterocycles. The molecule has 38 heavy (non-hydrogen) atoms. The van der Waals surface area contributed by atoms with Crippen LogP contribution in [-0.4, -0.2) is 62.8 Å². The van der Waals surface area contributed by atoms with Gasteiger partial charge in [-0.1, -0.05) is 44.7 Å². The molecule has 0 radical (unpaired) electrons. The number of pyridine rings is 1. The number of aliphatic hydroxyl groups excluding tert-OH is 2. The number of ether oxygens (including phenoxy) is 2. The van der Waals surface area contributed by atoms with Crippen molar-refractivity contribution in [3.05, 3.63) is 54.4 Å². The Morgan fingerprint density at radius 1 is 1.16 bits per heavy atom. The second kappa shape index (κ2) is 7.50. The number of carbonyl (C=O) groups is 2. The van der Waals surface area contributed by atoms with Crippen molar-refractivity contribution in [2.24, 2.45) is 34.0 Å². The lowest BCUT2D eigenvalue weighted by atomic mass is 9.35. The first-order valence-corrected chi connectivity index (χ1v) is 13.5. The molecule has 6 aliphatic rings. The van der Waals surface area contributed by atoms with Crippen LogP contribution in [-0.2, 0) is 14.3 Å². The second-order valence-electron chi connectivity index (χ2n) is 12.7. The van der Waals surface area contributed by atoms with E-state index in [0.717, 1.165) is 5.39 Å². The number of Topliss-reactive ketones (excluding diaryl/α,β-unsaturated/α-hetero) is 1. The molecule has 0 unspecified atom stereocenters. The summed E-state index contributed by atoms with van der Waals surface area (Å²) in [7, 11) is 0. The third-order valence-electron chi connectivity index (χ3n) is 10.9. The molecule has 4 aliphatic carbocycles. The van der Waals surface area contributed by atoms with Crippen molar-refractivity contribution in [2.75, 3.05) is 6.61 Å². The minimum absolute atomic E-state index is 0.0260. The molecule has 8 heteroatoms. The quantitative estimate of drug-likeness (QED) is 0.409. The molecular weight excluding hydrogens is 486 g/mol. The Balaban J connectivity index is 1.40. The monoisotopic (exact) mass is 519 g/mol. The van der Waals surface area contributed by atoms with Crippen molar-refractivity contribution in [3.8, 4) is 0 Å². The molecule has 9 atom stereocenters. The fourth-order valence-corrected chi connectivity index (χ4v) is 9.49. The number of aromatic nitrogens is 1. The highest BCUT2D eigenvalue weighted by molar-refractivity contribution is 6.06. The van der Waals surface area contributed by atoms with Gasteiger partial charge in [0, 0.05) is 28.8 Å². The van der Waals surface area contributed by atoms with Crippen molar-refractivity contribution in [1.82, 2.24) is 4.98 Å². The Labute approximate surface area is 220 Å². The fraction of sp³-hybridized carbons (Fsp3) is 0.567. The summed E-state index contributed by atoms with van der Waals surface area (Å²) in [6.45, 7) is 8.17. The molecule has 2 spiro atoms. The molecule has 2 saturated heterocycles.